The highest BCUT2D eigenvalue weighted by Crippen LogP contribution is 2.31. The van der Waals surface area contributed by atoms with Gasteiger partial charge >= 0.3 is 0 Å². The molecule has 0 bridgehead atoms. The number of ketones is 1. The van der Waals surface area contributed by atoms with Gasteiger partial charge in [0.15, 0.2) is 5.78 Å². The molecule has 1 heterocycles. The Bertz CT molecular complexity index is 710. The molecule has 20 heavy (non-hydrogen) atoms. The van der Waals surface area contributed by atoms with E-state index in [2.05, 4.69) is 0 Å². The Hall–Kier alpha value is -1.84. The van der Waals surface area contributed by atoms with Crippen molar-refractivity contribution in [1.29, 1.82) is 0 Å². The molecule has 0 radical (unpaired) electrons. The Labute approximate surface area is 125 Å². The van der Waals surface area contributed by atoms with E-state index in [1.165, 1.54) is 4.90 Å². The van der Waals surface area contributed by atoms with Gasteiger partial charge in [-0.25, -0.2) is 0 Å². The second kappa shape index (κ2) is 4.93. The number of halogens is 2. The number of Topliss-reactive ketones (excluding diaryl/α,β-unsaturated/α-hetero) is 1. The number of rotatable bonds is 1. The van der Waals surface area contributed by atoms with E-state index in [1.54, 1.807) is 42.5 Å². The minimum atomic E-state index is -0.226. The molecule has 5 heteroatoms. The topological polar surface area (TPSA) is 37.4 Å². The van der Waals surface area contributed by atoms with Gasteiger partial charge in [-0.05, 0) is 42.5 Å². The van der Waals surface area contributed by atoms with Crippen molar-refractivity contribution < 1.29 is 9.59 Å². The molecule has 0 saturated heterocycles. The van der Waals surface area contributed by atoms with Gasteiger partial charge in [0.25, 0.3) is 5.91 Å². The summed E-state index contributed by atoms with van der Waals surface area (Å²) in [5.74, 6) is -0.332. The number of benzene rings is 2. The van der Waals surface area contributed by atoms with E-state index < -0.39 is 0 Å². The van der Waals surface area contributed by atoms with Crippen molar-refractivity contribution in [2.75, 3.05) is 11.4 Å². The standard InChI is InChI=1S/C15H9Cl2NO2/c16-10-3-1-9(2-4-10)15(20)18-8-14(19)12-7-11(17)5-6-13(12)18/h1-7H,8H2. The van der Waals surface area contributed by atoms with E-state index >= 15 is 0 Å². The fraction of sp³-hybridized carbons (Fsp3) is 0.0667. The maximum absolute atomic E-state index is 12.4. The van der Waals surface area contributed by atoms with Crippen LogP contribution >= 0.6 is 23.2 Å². The molecule has 0 aromatic heterocycles. The van der Waals surface area contributed by atoms with Gasteiger partial charge in [0.2, 0.25) is 0 Å². The first-order valence-corrected chi connectivity index (χ1v) is 6.72. The van der Waals surface area contributed by atoms with Gasteiger partial charge in [-0.2, -0.15) is 0 Å². The first-order chi connectivity index (χ1) is 9.56. The number of hydrogen-bond donors (Lipinski definition) is 0. The van der Waals surface area contributed by atoms with Crippen LogP contribution in [0.25, 0.3) is 0 Å². The summed E-state index contributed by atoms with van der Waals surface area (Å²) in [4.78, 5) is 25.8. The third kappa shape index (κ3) is 2.19. The normalized spacial score (nSPS) is 13.5. The second-order valence-electron chi connectivity index (χ2n) is 4.48. The maximum Gasteiger partial charge on any atom is 0.258 e. The van der Waals surface area contributed by atoms with Crippen molar-refractivity contribution in [1.82, 2.24) is 0 Å². The Morgan fingerprint density at radius 3 is 2.35 bits per heavy atom. The molecule has 3 nitrogen and oxygen atoms in total. The van der Waals surface area contributed by atoms with Crippen LogP contribution < -0.4 is 4.90 Å². The largest absolute Gasteiger partial charge is 0.300 e. The zero-order valence-corrected chi connectivity index (χ0v) is 11.8. The molecule has 0 fully saturated rings. The van der Waals surface area contributed by atoms with Crippen molar-refractivity contribution in [2.45, 2.75) is 0 Å². The Morgan fingerprint density at radius 2 is 1.65 bits per heavy atom. The van der Waals surface area contributed by atoms with Gasteiger partial charge in [0.05, 0.1) is 12.2 Å². The molecule has 2 aromatic carbocycles. The highest BCUT2D eigenvalue weighted by atomic mass is 35.5. The van der Waals surface area contributed by atoms with Gasteiger partial charge in [-0.15, -0.1) is 0 Å². The molecule has 1 amide bonds. The molecule has 0 N–H and O–H groups in total. The molecule has 0 aliphatic carbocycles. The fourth-order valence-corrected chi connectivity index (χ4v) is 2.51. The van der Waals surface area contributed by atoms with Gasteiger partial charge in [0, 0.05) is 21.2 Å². The lowest BCUT2D eigenvalue weighted by molar-refractivity contribution is 0.0951. The third-order valence-electron chi connectivity index (χ3n) is 3.19. The number of anilines is 1. The van der Waals surface area contributed by atoms with Gasteiger partial charge < -0.3 is 0 Å². The number of hydrogen-bond acceptors (Lipinski definition) is 2. The van der Waals surface area contributed by atoms with Crippen molar-refractivity contribution in [3.8, 4) is 0 Å². The zero-order valence-electron chi connectivity index (χ0n) is 10.3. The van der Waals surface area contributed by atoms with Crippen LogP contribution in [0.3, 0.4) is 0 Å². The van der Waals surface area contributed by atoms with Gasteiger partial charge in [-0.1, -0.05) is 23.2 Å². The Kier molecular flexibility index (Phi) is 3.24. The van der Waals surface area contributed by atoms with Gasteiger partial charge in [0.1, 0.15) is 0 Å². The summed E-state index contributed by atoms with van der Waals surface area (Å²) in [5.41, 5.74) is 1.57. The predicted octanol–water partition coefficient (Wildman–Crippen LogP) is 3.84. The smallest absolute Gasteiger partial charge is 0.258 e. The fourth-order valence-electron chi connectivity index (χ4n) is 2.21. The minimum Gasteiger partial charge on any atom is -0.300 e. The first kappa shape index (κ1) is 13.2. The lowest BCUT2D eigenvalue weighted by Crippen LogP contribution is -2.30. The molecule has 100 valence electrons. The summed E-state index contributed by atoms with van der Waals surface area (Å²) in [5, 5.41) is 1.05. The SMILES string of the molecule is O=C1CN(C(=O)c2ccc(Cl)cc2)c2ccc(Cl)cc21. The van der Waals surface area contributed by atoms with Crippen LogP contribution in [0.15, 0.2) is 42.5 Å². The average Bonchev–Trinajstić information content (AvgIpc) is 2.76. The zero-order chi connectivity index (χ0) is 14.3. The summed E-state index contributed by atoms with van der Waals surface area (Å²) in [6, 6.07) is 11.5. The lowest BCUT2D eigenvalue weighted by atomic mass is 10.1. The van der Waals surface area contributed by atoms with E-state index in [-0.39, 0.29) is 18.2 Å². The monoisotopic (exact) mass is 305 g/mol. The predicted molar refractivity (Wildman–Crippen MR) is 78.9 cm³/mol. The van der Waals surface area contributed by atoms with Crippen LogP contribution in [0.4, 0.5) is 5.69 Å². The number of carbonyl (C=O) groups is 2. The molecular formula is C15H9Cl2NO2. The van der Waals surface area contributed by atoms with Crippen LogP contribution in [0.1, 0.15) is 20.7 Å². The van der Waals surface area contributed by atoms with Crippen LogP contribution in [0, 0.1) is 0 Å². The maximum atomic E-state index is 12.4. The number of carbonyl (C=O) groups excluding carboxylic acids is 2. The van der Waals surface area contributed by atoms with E-state index in [1.807, 2.05) is 0 Å². The Morgan fingerprint density at radius 1 is 1.00 bits per heavy atom. The average molecular weight is 306 g/mol. The highest BCUT2D eigenvalue weighted by Gasteiger charge is 2.31. The van der Waals surface area contributed by atoms with E-state index in [9.17, 15) is 9.59 Å². The second-order valence-corrected chi connectivity index (χ2v) is 5.36. The summed E-state index contributed by atoms with van der Waals surface area (Å²) < 4.78 is 0. The molecule has 0 atom stereocenters. The number of amides is 1. The highest BCUT2D eigenvalue weighted by molar-refractivity contribution is 6.32. The molecule has 2 aromatic rings. The molecule has 3 rings (SSSR count). The van der Waals surface area contributed by atoms with Crippen LogP contribution in [-0.2, 0) is 0 Å². The Balaban J connectivity index is 1.99. The van der Waals surface area contributed by atoms with E-state index in [4.69, 9.17) is 23.2 Å². The number of nitrogens with zero attached hydrogens (tertiary/aromatic N) is 1. The molecule has 0 saturated carbocycles. The molecule has 1 aliphatic heterocycles. The lowest BCUT2D eigenvalue weighted by Gasteiger charge is -2.16. The summed E-state index contributed by atoms with van der Waals surface area (Å²) in [7, 11) is 0. The van der Waals surface area contributed by atoms with Crippen molar-refractivity contribution in [2.24, 2.45) is 0 Å². The molecule has 1 aliphatic rings. The first-order valence-electron chi connectivity index (χ1n) is 5.96. The van der Waals surface area contributed by atoms with Crippen LogP contribution in [-0.4, -0.2) is 18.2 Å². The summed E-state index contributed by atoms with van der Waals surface area (Å²) in [6.07, 6.45) is 0. The molecule has 0 spiro atoms. The van der Waals surface area contributed by atoms with E-state index in [0.717, 1.165) is 0 Å². The molecule has 0 unspecified atom stereocenters. The minimum absolute atomic E-state index is 0.0388. The third-order valence-corrected chi connectivity index (χ3v) is 3.67. The quantitative estimate of drug-likeness (QED) is 0.803. The van der Waals surface area contributed by atoms with E-state index in [0.29, 0.717) is 26.9 Å². The van der Waals surface area contributed by atoms with Crippen LogP contribution in [0.5, 0.6) is 0 Å². The van der Waals surface area contributed by atoms with Crippen LogP contribution in [0.2, 0.25) is 10.0 Å². The summed E-state index contributed by atoms with van der Waals surface area (Å²) >= 11 is 11.7. The van der Waals surface area contributed by atoms with Crippen molar-refractivity contribution >= 4 is 40.6 Å². The molecular weight excluding hydrogens is 297 g/mol. The van der Waals surface area contributed by atoms with Gasteiger partial charge in [-0.3, -0.25) is 14.5 Å². The number of fused-ring (bicyclic) bond motifs is 1. The van der Waals surface area contributed by atoms with Crippen molar-refractivity contribution in [3.05, 3.63) is 63.6 Å². The summed E-state index contributed by atoms with van der Waals surface area (Å²) in [6.45, 7) is 0.0388. The van der Waals surface area contributed by atoms with Crippen molar-refractivity contribution in [3.63, 3.8) is 0 Å².